The molecule has 0 radical (unpaired) electrons. The molecule has 2 rings (SSSR count). The number of carbonyl (C=O) groups is 1. The SMILES string of the molecule is C[C@@H](CCO)NC(=O)Cc1c[nH]c2cc(F)ccc12. The van der Waals surface area contributed by atoms with Gasteiger partial charge in [0.05, 0.1) is 6.42 Å². The highest BCUT2D eigenvalue weighted by molar-refractivity contribution is 5.88. The first-order chi connectivity index (χ1) is 9.10. The number of hydrogen-bond acceptors (Lipinski definition) is 2. The molecule has 1 amide bonds. The van der Waals surface area contributed by atoms with Gasteiger partial charge in [0.25, 0.3) is 0 Å². The van der Waals surface area contributed by atoms with E-state index in [-0.39, 0.29) is 30.8 Å². The van der Waals surface area contributed by atoms with Gasteiger partial charge < -0.3 is 15.4 Å². The summed E-state index contributed by atoms with van der Waals surface area (Å²) in [6.07, 6.45) is 2.49. The van der Waals surface area contributed by atoms with Gasteiger partial charge in [-0.3, -0.25) is 4.79 Å². The van der Waals surface area contributed by atoms with Crippen LogP contribution in [0.15, 0.2) is 24.4 Å². The summed E-state index contributed by atoms with van der Waals surface area (Å²) in [6, 6.07) is 4.40. The molecule has 19 heavy (non-hydrogen) atoms. The first kappa shape index (κ1) is 13.5. The van der Waals surface area contributed by atoms with Crippen molar-refractivity contribution in [3.63, 3.8) is 0 Å². The monoisotopic (exact) mass is 264 g/mol. The van der Waals surface area contributed by atoms with Crippen molar-refractivity contribution in [1.82, 2.24) is 10.3 Å². The highest BCUT2D eigenvalue weighted by atomic mass is 19.1. The van der Waals surface area contributed by atoms with Crippen LogP contribution in [0.2, 0.25) is 0 Å². The second kappa shape index (κ2) is 5.84. The highest BCUT2D eigenvalue weighted by Crippen LogP contribution is 2.19. The molecule has 0 aliphatic heterocycles. The Balaban J connectivity index is 2.07. The number of halogens is 1. The molecular weight excluding hydrogens is 247 g/mol. The molecule has 0 aliphatic rings. The third-order valence-electron chi connectivity index (χ3n) is 3.05. The number of hydrogen-bond donors (Lipinski definition) is 3. The molecule has 4 nitrogen and oxygen atoms in total. The average molecular weight is 264 g/mol. The fourth-order valence-electron chi connectivity index (χ4n) is 2.07. The molecule has 1 aromatic heterocycles. The van der Waals surface area contributed by atoms with Crippen molar-refractivity contribution in [2.75, 3.05) is 6.61 Å². The Morgan fingerprint density at radius 1 is 1.53 bits per heavy atom. The van der Waals surface area contributed by atoms with Crippen LogP contribution in [-0.4, -0.2) is 28.6 Å². The maximum atomic E-state index is 13.0. The Morgan fingerprint density at radius 2 is 2.32 bits per heavy atom. The Morgan fingerprint density at radius 3 is 3.05 bits per heavy atom. The molecule has 0 aliphatic carbocycles. The molecule has 0 saturated carbocycles. The van der Waals surface area contributed by atoms with Crippen LogP contribution >= 0.6 is 0 Å². The number of fused-ring (bicyclic) bond motifs is 1. The zero-order valence-corrected chi connectivity index (χ0v) is 10.7. The number of benzene rings is 1. The lowest BCUT2D eigenvalue weighted by molar-refractivity contribution is -0.121. The number of aliphatic hydroxyl groups excluding tert-OH is 1. The minimum absolute atomic E-state index is 0.0494. The summed E-state index contributed by atoms with van der Waals surface area (Å²) in [5, 5.41) is 12.4. The Labute approximate surface area is 110 Å². The van der Waals surface area contributed by atoms with Gasteiger partial charge in [-0.2, -0.15) is 0 Å². The lowest BCUT2D eigenvalue weighted by Crippen LogP contribution is -2.34. The van der Waals surface area contributed by atoms with E-state index in [9.17, 15) is 9.18 Å². The summed E-state index contributed by atoms with van der Waals surface area (Å²) in [7, 11) is 0. The fourth-order valence-corrected chi connectivity index (χ4v) is 2.07. The Kier molecular flexibility index (Phi) is 4.16. The molecule has 0 saturated heterocycles. The third kappa shape index (κ3) is 3.32. The van der Waals surface area contributed by atoms with Gasteiger partial charge in [-0.05, 0) is 37.1 Å². The summed E-state index contributed by atoms with van der Waals surface area (Å²) in [6.45, 7) is 1.90. The minimum Gasteiger partial charge on any atom is -0.396 e. The molecule has 0 fully saturated rings. The Hall–Kier alpha value is -1.88. The fraction of sp³-hybridized carbons (Fsp3) is 0.357. The average Bonchev–Trinajstić information content (AvgIpc) is 2.71. The van der Waals surface area contributed by atoms with Crippen LogP contribution in [0.3, 0.4) is 0 Å². The standard InChI is InChI=1S/C14H17FN2O2/c1-9(4-5-18)17-14(19)6-10-8-16-13-7-11(15)2-3-12(10)13/h2-3,7-9,16,18H,4-6H2,1H3,(H,17,19)/t9-/m0/s1. The van der Waals surface area contributed by atoms with Gasteiger partial charge in [0.2, 0.25) is 5.91 Å². The molecule has 0 spiro atoms. The first-order valence-corrected chi connectivity index (χ1v) is 6.26. The third-order valence-corrected chi connectivity index (χ3v) is 3.05. The second-order valence-electron chi connectivity index (χ2n) is 4.66. The van der Waals surface area contributed by atoms with Crippen molar-refractivity contribution in [2.24, 2.45) is 0 Å². The van der Waals surface area contributed by atoms with Crippen molar-refractivity contribution in [3.8, 4) is 0 Å². The van der Waals surface area contributed by atoms with E-state index in [1.54, 1.807) is 12.3 Å². The summed E-state index contributed by atoms with van der Waals surface area (Å²) in [5.74, 6) is -0.409. The van der Waals surface area contributed by atoms with Crippen molar-refractivity contribution in [1.29, 1.82) is 0 Å². The number of carbonyl (C=O) groups excluding carboxylic acids is 1. The van der Waals surface area contributed by atoms with Gasteiger partial charge in [0.15, 0.2) is 0 Å². The van der Waals surface area contributed by atoms with E-state index in [1.165, 1.54) is 12.1 Å². The molecule has 5 heteroatoms. The maximum absolute atomic E-state index is 13.0. The summed E-state index contributed by atoms with van der Waals surface area (Å²) in [5.41, 5.74) is 1.52. The molecular formula is C14H17FN2O2. The van der Waals surface area contributed by atoms with Crippen LogP contribution in [-0.2, 0) is 11.2 Å². The molecule has 1 heterocycles. The van der Waals surface area contributed by atoms with Crippen LogP contribution in [0.4, 0.5) is 4.39 Å². The van der Waals surface area contributed by atoms with Gasteiger partial charge in [0, 0.05) is 29.7 Å². The lowest BCUT2D eigenvalue weighted by Gasteiger charge is -2.11. The smallest absolute Gasteiger partial charge is 0.224 e. The molecule has 0 unspecified atom stereocenters. The first-order valence-electron chi connectivity index (χ1n) is 6.26. The zero-order valence-electron chi connectivity index (χ0n) is 10.7. The van der Waals surface area contributed by atoms with Crippen molar-refractivity contribution in [2.45, 2.75) is 25.8 Å². The lowest BCUT2D eigenvalue weighted by atomic mass is 10.1. The number of aromatic nitrogens is 1. The molecule has 0 bridgehead atoms. The Bertz CT molecular complexity index is 580. The molecule has 1 atom stereocenters. The second-order valence-corrected chi connectivity index (χ2v) is 4.66. The predicted octanol–water partition coefficient (Wildman–Crippen LogP) is 1.74. The van der Waals surface area contributed by atoms with E-state index in [0.717, 1.165) is 10.9 Å². The van der Waals surface area contributed by atoms with Crippen molar-refractivity contribution < 1.29 is 14.3 Å². The normalized spacial score (nSPS) is 12.6. The van der Waals surface area contributed by atoms with Gasteiger partial charge in [-0.1, -0.05) is 0 Å². The van der Waals surface area contributed by atoms with E-state index in [2.05, 4.69) is 10.3 Å². The highest BCUT2D eigenvalue weighted by Gasteiger charge is 2.11. The van der Waals surface area contributed by atoms with Crippen LogP contribution < -0.4 is 5.32 Å². The van der Waals surface area contributed by atoms with E-state index in [1.807, 2.05) is 6.92 Å². The largest absolute Gasteiger partial charge is 0.396 e. The van der Waals surface area contributed by atoms with Crippen LogP contribution in [0.25, 0.3) is 10.9 Å². The molecule has 1 aromatic carbocycles. The number of amides is 1. The van der Waals surface area contributed by atoms with Crippen LogP contribution in [0.5, 0.6) is 0 Å². The summed E-state index contributed by atoms with van der Waals surface area (Å²) >= 11 is 0. The quantitative estimate of drug-likeness (QED) is 0.770. The summed E-state index contributed by atoms with van der Waals surface area (Å²) in [4.78, 5) is 14.8. The van der Waals surface area contributed by atoms with Gasteiger partial charge >= 0.3 is 0 Å². The van der Waals surface area contributed by atoms with Crippen LogP contribution in [0, 0.1) is 5.82 Å². The number of rotatable bonds is 5. The van der Waals surface area contributed by atoms with Gasteiger partial charge in [0.1, 0.15) is 5.82 Å². The van der Waals surface area contributed by atoms with E-state index >= 15 is 0 Å². The zero-order chi connectivity index (χ0) is 13.8. The molecule has 2 aromatic rings. The number of aliphatic hydroxyl groups is 1. The number of aromatic amines is 1. The van der Waals surface area contributed by atoms with Gasteiger partial charge in [-0.25, -0.2) is 4.39 Å². The van der Waals surface area contributed by atoms with E-state index < -0.39 is 0 Å². The predicted molar refractivity (Wildman–Crippen MR) is 71.3 cm³/mol. The number of nitrogens with one attached hydrogen (secondary N) is 2. The van der Waals surface area contributed by atoms with Crippen molar-refractivity contribution >= 4 is 16.8 Å². The topological polar surface area (TPSA) is 65.1 Å². The molecule has 3 N–H and O–H groups in total. The van der Waals surface area contributed by atoms with Gasteiger partial charge in [-0.15, -0.1) is 0 Å². The number of H-pyrrole nitrogens is 1. The van der Waals surface area contributed by atoms with E-state index in [0.29, 0.717) is 11.9 Å². The van der Waals surface area contributed by atoms with E-state index in [4.69, 9.17) is 5.11 Å². The van der Waals surface area contributed by atoms with Crippen LogP contribution in [0.1, 0.15) is 18.9 Å². The maximum Gasteiger partial charge on any atom is 0.224 e. The van der Waals surface area contributed by atoms with Crippen molar-refractivity contribution in [3.05, 3.63) is 35.8 Å². The minimum atomic E-state index is -0.304. The molecule has 102 valence electrons. The summed E-state index contributed by atoms with van der Waals surface area (Å²) < 4.78 is 13.0.